The summed E-state index contributed by atoms with van der Waals surface area (Å²) in [6.07, 6.45) is 2.68. The highest BCUT2D eigenvalue weighted by Crippen LogP contribution is 2.22. The molecule has 0 spiro atoms. The molecule has 0 aliphatic carbocycles. The van der Waals surface area contributed by atoms with Gasteiger partial charge in [-0.25, -0.2) is 0 Å². The molecule has 1 aromatic rings. The molecule has 0 aliphatic rings. The summed E-state index contributed by atoms with van der Waals surface area (Å²) in [6.45, 7) is 1.65. The Labute approximate surface area is 80.5 Å². The number of rotatable bonds is 2. The monoisotopic (exact) mass is 200 g/mol. The van der Waals surface area contributed by atoms with E-state index in [1.807, 2.05) is 0 Å². The van der Waals surface area contributed by atoms with Crippen molar-refractivity contribution in [2.75, 3.05) is 0 Å². The molecule has 0 radical (unpaired) electrons. The van der Waals surface area contributed by atoms with Gasteiger partial charge in [-0.05, 0) is 12.5 Å². The van der Waals surface area contributed by atoms with Crippen molar-refractivity contribution in [1.29, 1.82) is 0 Å². The van der Waals surface area contributed by atoms with Crippen molar-refractivity contribution in [3.8, 4) is 5.75 Å². The Bertz CT molecular complexity index is 339. The lowest BCUT2D eigenvalue weighted by molar-refractivity contribution is 0.321. The number of halogens is 1. The maximum Gasteiger partial charge on any atom is 0.145 e. The van der Waals surface area contributed by atoms with Crippen LogP contribution in [0, 0.1) is 6.92 Å². The van der Waals surface area contributed by atoms with E-state index in [0.717, 1.165) is 6.21 Å². The molecule has 0 atom stereocenters. The summed E-state index contributed by atoms with van der Waals surface area (Å²) in [5.74, 6) is 0.207. The van der Waals surface area contributed by atoms with Crippen LogP contribution in [0.2, 0.25) is 0 Å². The number of aromatic hydroxyl groups is 1. The summed E-state index contributed by atoms with van der Waals surface area (Å²) in [5.41, 5.74) is 1.51. The summed E-state index contributed by atoms with van der Waals surface area (Å²) < 4.78 is 0. The minimum atomic E-state index is -0.00375. The van der Waals surface area contributed by atoms with Crippen molar-refractivity contribution >= 4 is 17.8 Å². The average Bonchev–Trinajstić information content (AvgIpc) is 2.14. The van der Waals surface area contributed by atoms with Crippen LogP contribution in [0.5, 0.6) is 5.75 Å². The van der Waals surface area contributed by atoms with Crippen LogP contribution in [-0.4, -0.2) is 21.5 Å². The smallest absolute Gasteiger partial charge is 0.145 e. The molecule has 0 saturated heterocycles. The topological polar surface area (TPSA) is 65.7 Å². The molecule has 2 N–H and O–H groups in total. The van der Waals surface area contributed by atoms with Gasteiger partial charge >= 0.3 is 0 Å². The molecule has 1 heterocycles. The third kappa shape index (κ3) is 1.89. The normalized spacial score (nSPS) is 10.9. The summed E-state index contributed by atoms with van der Waals surface area (Å²) in [7, 11) is 0. The second-order valence-electron chi connectivity index (χ2n) is 2.51. The fourth-order valence-corrected chi connectivity index (χ4v) is 1.17. The molecule has 70 valence electrons. The zero-order valence-electron chi connectivity index (χ0n) is 7.03. The standard InChI is InChI=1S/C8H9ClN2O2/c1-5-8(12)7(4-11-13)6(2-9)3-10-5/h3-4,12-13H,2H2,1H3. The summed E-state index contributed by atoms with van der Waals surface area (Å²) in [5, 5.41) is 20.7. The van der Waals surface area contributed by atoms with E-state index in [1.54, 1.807) is 13.1 Å². The van der Waals surface area contributed by atoms with E-state index in [4.69, 9.17) is 16.8 Å². The summed E-state index contributed by atoms with van der Waals surface area (Å²) in [4.78, 5) is 3.91. The van der Waals surface area contributed by atoms with Gasteiger partial charge < -0.3 is 10.3 Å². The van der Waals surface area contributed by atoms with Crippen LogP contribution < -0.4 is 0 Å². The van der Waals surface area contributed by atoms with Crippen molar-refractivity contribution in [3.63, 3.8) is 0 Å². The van der Waals surface area contributed by atoms with Gasteiger partial charge in [-0.1, -0.05) is 5.16 Å². The van der Waals surface area contributed by atoms with Crippen molar-refractivity contribution < 1.29 is 10.3 Å². The lowest BCUT2D eigenvalue weighted by Crippen LogP contribution is -1.95. The van der Waals surface area contributed by atoms with Crippen LogP contribution in [0.3, 0.4) is 0 Å². The molecule has 0 saturated carbocycles. The number of alkyl halides is 1. The molecule has 1 rings (SSSR count). The Morgan fingerprint density at radius 1 is 1.69 bits per heavy atom. The van der Waals surface area contributed by atoms with Crippen molar-refractivity contribution in [2.24, 2.45) is 5.16 Å². The van der Waals surface area contributed by atoms with Crippen molar-refractivity contribution in [3.05, 3.63) is 23.0 Å². The number of oxime groups is 1. The first-order valence-electron chi connectivity index (χ1n) is 3.61. The summed E-state index contributed by atoms with van der Waals surface area (Å²) >= 11 is 5.60. The molecule has 0 fully saturated rings. The van der Waals surface area contributed by atoms with E-state index in [2.05, 4.69) is 10.1 Å². The van der Waals surface area contributed by atoms with Gasteiger partial charge in [0.15, 0.2) is 0 Å². The van der Waals surface area contributed by atoms with E-state index in [0.29, 0.717) is 16.8 Å². The zero-order valence-corrected chi connectivity index (χ0v) is 7.78. The largest absolute Gasteiger partial charge is 0.505 e. The molecule has 5 heteroatoms. The maximum atomic E-state index is 9.52. The van der Waals surface area contributed by atoms with Crippen LogP contribution in [-0.2, 0) is 5.88 Å². The zero-order chi connectivity index (χ0) is 9.84. The third-order valence-corrected chi connectivity index (χ3v) is 1.98. The quantitative estimate of drug-likeness (QED) is 0.330. The van der Waals surface area contributed by atoms with Gasteiger partial charge in [-0.15, -0.1) is 11.6 Å². The minimum absolute atomic E-state index is 0.00375. The van der Waals surface area contributed by atoms with E-state index >= 15 is 0 Å². The van der Waals surface area contributed by atoms with Crippen LogP contribution in [0.25, 0.3) is 0 Å². The second-order valence-corrected chi connectivity index (χ2v) is 2.78. The van der Waals surface area contributed by atoms with Gasteiger partial charge in [-0.3, -0.25) is 4.98 Å². The lowest BCUT2D eigenvalue weighted by atomic mass is 10.1. The maximum absolute atomic E-state index is 9.52. The van der Waals surface area contributed by atoms with Crippen molar-refractivity contribution in [1.82, 2.24) is 4.98 Å². The van der Waals surface area contributed by atoms with Gasteiger partial charge in [-0.2, -0.15) is 0 Å². The van der Waals surface area contributed by atoms with Gasteiger partial charge in [0.1, 0.15) is 5.75 Å². The second kappa shape index (κ2) is 4.09. The lowest BCUT2D eigenvalue weighted by Gasteiger charge is -2.05. The fraction of sp³-hybridized carbons (Fsp3) is 0.250. The Morgan fingerprint density at radius 3 is 2.92 bits per heavy atom. The number of aryl methyl sites for hydroxylation is 1. The fourth-order valence-electron chi connectivity index (χ4n) is 0.961. The molecular formula is C8H9ClN2O2. The molecule has 4 nitrogen and oxygen atoms in total. The predicted molar refractivity (Wildman–Crippen MR) is 49.6 cm³/mol. The predicted octanol–water partition coefficient (Wildman–Crippen LogP) is 1.64. The van der Waals surface area contributed by atoms with Gasteiger partial charge in [0.05, 0.1) is 11.9 Å². The van der Waals surface area contributed by atoms with Crippen LogP contribution in [0.15, 0.2) is 11.4 Å². The van der Waals surface area contributed by atoms with Crippen LogP contribution >= 0.6 is 11.6 Å². The van der Waals surface area contributed by atoms with E-state index in [9.17, 15) is 5.11 Å². The molecule has 0 aliphatic heterocycles. The molecule has 1 aromatic heterocycles. The Kier molecular flexibility index (Phi) is 3.08. The summed E-state index contributed by atoms with van der Waals surface area (Å²) in [6, 6.07) is 0. The number of pyridine rings is 1. The highest BCUT2D eigenvalue weighted by atomic mass is 35.5. The molecular weight excluding hydrogens is 192 g/mol. The highest BCUT2D eigenvalue weighted by molar-refractivity contribution is 6.17. The first-order chi connectivity index (χ1) is 6.20. The Morgan fingerprint density at radius 2 is 2.38 bits per heavy atom. The molecule has 0 amide bonds. The molecule has 0 aromatic carbocycles. The van der Waals surface area contributed by atoms with Gasteiger partial charge in [0, 0.05) is 17.6 Å². The first-order valence-corrected chi connectivity index (χ1v) is 4.15. The number of hydrogen-bond acceptors (Lipinski definition) is 4. The Hall–Kier alpha value is -1.29. The van der Waals surface area contributed by atoms with Crippen molar-refractivity contribution in [2.45, 2.75) is 12.8 Å². The highest BCUT2D eigenvalue weighted by Gasteiger charge is 2.08. The first kappa shape index (κ1) is 9.80. The number of aromatic nitrogens is 1. The van der Waals surface area contributed by atoms with Gasteiger partial charge in [0.2, 0.25) is 0 Å². The SMILES string of the molecule is Cc1ncc(CCl)c(C=NO)c1O. The number of nitrogens with zero attached hydrogens (tertiary/aromatic N) is 2. The molecule has 0 unspecified atom stereocenters. The third-order valence-electron chi connectivity index (χ3n) is 1.69. The molecule has 13 heavy (non-hydrogen) atoms. The Balaban J connectivity index is 3.32. The van der Waals surface area contributed by atoms with E-state index in [1.165, 1.54) is 0 Å². The minimum Gasteiger partial charge on any atom is -0.505 e. The van der Waals surface area contributed by atoms with Crippen LogP contribution in [0.1, 0.15) is 16.8 Å². The van der Waals surface area contributed by atoms with Crippen LogP contribution in [0.4, 0.5) is 0 Å². The number of hydrogen-bond donors (Lipinski definition) is 2. The van der Waals surface area contributed by atoms with Gasteiger partial charge in [0.25, 0.3) is 0 Å². The molecule has 0 bridgehead atoms. The van der Waals surface area contributed by atoms with E-state index in [-0.39, 0.29) is 11.6 Å². The average molecular weight is 201 g/mol. The van der Waals surface area contributed by atoms with E-state index < -0.39 is 0 Å².